The average Bonchev–Trinajstić information content (AvgIpc) is 2.23. The number of hydrogen-bond acceptors (Lipinski definition) is 4. The lowest BCUT2D eigenvalue weighted by Gasteiger charge is -1.92. The van der Waals surface area contributed by atoms with Gasteiger partial charge in [0.25, 0.3) is 0 Å². The Morgan fingerprint density at radius 3 is 2.67 bits per heavy atom. The number of fused-ring (bicyclic) bond motifs is 1. The van der Waals surface area contributed by atoms with Crippen LogP contribution in [0.5, 0.6) is 0 Å². The zero-order valence-electron chi connectivity index (χ0n) is 4.57. The summed E-state index contributed by atoms with van der Waals surface area (Å²) in [6, 6.07) is 0. The van der Waals surface area contributed by atoms with Crippen LogP contribution in [0.4, 0.5) is 0 Å². The third-order valence-corrected chi connectivity index (χ3v) is 4.33. The summed E-state index contributed by atoms with van der Waals surface area (Å²) in [6.07, 6.45) is 0. The second kappa shape index (κ2) is 1.42. The van der Waals surface area contributed by atoms with E-state index in [0.29, 0.717) is 5.42 Å². The zero-order chi connectivity index (χ0) is 6.65. The molecular weight excluding hydrogens is 160 g/mol. The van der Waals surface area contributed by atoms with Crippen LogP contribution in [0.1, 0.15) is 6.92 Å². The monoisotopic (exact) mass is 163 g/mol. The Morgan fingerprint density at radius 2 is 2.33 bits per heavy atom. The quantitative estimate of drug-likeness (QED) is 0.451. The van der Waals surface area contributed by atoms with Crippen molar-refractivity contribution < 1.29 is 14.3 Å². The highest BCUT2D eigenvalue weighted by Gasteiger charge is 2.71. The van der Waals surface area contributed by atoms with Crippen molar-refractivity contribution in [2.24, 2.45) is 4.74 Å². The van der Waals surface area contributed by atoms with Crippen LogP contribution in [0.25, 0.3) is 0 Å². The summed E-state index contributed by atoms with van der Waals surface area (Å²) in [4.78, 5) is 21.2. The second-order valence-corrected chi connectivity index (χ2v) is 4.75. The summed E-state index contributed by atoms with van der Waals surface area (Å²) < 4.78 is 8.29. The SMILES string of the molecule is CC12O[P+]([O-])=NC1=[P+]2[O-]. The molecule has 2 aliphatic heterocycles. The predicted molar refractivity (Wildman–Crippen MR) is 30.8 cm³/mol. The van der Waals surface area contributed by atoms with E-state index in [2.05, 4.69) is 4.74 Å². The average molecular weight is 163 g/mol. The summed E-state index contributed by atoms with van der Waals surface area (Å²) in [5.74, 6) is 0. The lowest BCUT2D eigenvalue weighted by molar-refractivity contribution is -0.180. The number of rotatable bonds is 0. The summed E-state index contributed by atoms with van der Waals surface area (Å²) in [5, 5.41) is -0.733. The minimum absolute atomic E-state index is 0.485. The van der Waals surface area contributed by atoms with E-state index in [0.717, 1.165) is 0 Å². The van der Waals surface area contributed by atoms with Gasteiger partial charge in [-0.2, -0.15) is 0 Å². The van der Waals surface area contributed by atoms with Crippen molar-refractivity contribution in [3.63, 3.8) is 0 Å². The van der Waals surface area contributed by atoms with E-state index in [9.17, 15) is 9.79 Å². The zero-order valence-corrected chi connectivity index (χ0v) is 6.36. The minimum atomic E-state index is -1.88. The fourth-order valence-corrected chi connectivity index (χ4v) is 3.49. The van der Waals surface area contributed by atoms with Crippen molar-refractivity contribution >= 4 is 21.4 Å². The van der Waals surface area contributed by atoms with Crippen molar-refractivity contribution in [3.8, 4) is 0 Å². The van der Waals surface area contributed by atoms with Gasteiger partial charge in [-0.15, -0.1) is 0 Å². The first-order chi connectivity index (χ1) is 4.14. The highest BCUT2D eigenvalue weighted by molar-refractivity contribution is 7.68. The molecule has 0 radical (unpaired) electrons. The molecule has 2 heterocycles. The Kier molecular flexibility index (Phi) is 0.929. The lowest BCUT2D eigenvalue weighted by atomic mass is 10.4. The van der Waals surface area contributed by atoms with E-state index >= 15 is 0 Å². The summed E-state index contributed by atoms with van der Waals surface area (Å²) >= 11 is 0. The Bertz CT molecular complexity index is 247. The van der Waals surface area contributed by atoms with Gasteiger partial charge in [0.1, 0.15) is 7.77 Å². The normalized spacial score (nSPS) is 46.8. The molecule has 2 rings (SSSR count). The van der Waals surface area contributed by atoms with E-state index in [4.69, 9.17) is 4.52 Å². The second-order valence-electron chi connectivity index (χ2n) is 2.03. The molecule has 4 nitrogen and oxygen atoms in total. The van der Waals surface area contributed by atoms with Gasteiger partial charge in [0.2, 0.25) is 0 Å². The molecule has 0 saturated heterocycles. The first-order valence-corrected chi connectivity index (χ1v) is 4.76. The molecular formula is C3H3NO3P2. The van der Waals surface area contributed by atoms with Crippen LogP contribution in [0.15, 0.2) is 4.74 Å². The maximum atomic E-state index is 10.7. The highest BCUT2D eigenvalue weighted by atomic mass is 31.1. The smallest absolute Gasteiger partial charge is 0.357 e. The van der Waals surface area contributed by atoms with Gasteiger partial charge in [-0.25, -0.2) is 0 Å². The summed E-state index contributed by atoms with van der Waals surface area (Å²) in [6.45, 7) is 1.64. The molecule has 0 N–H and O–H groups in total. The van der Waals surface area contributed by atoms with Crippen LogP contribution in [0, 0.1) is 0 Å². The first-order valence-electron chi connectivity index (χ1n) is 2.37. The molecule has 0 aliphatic carbocycles. The highest BCUT2D eigenvalue weighted by Crippen LogP contribution is 2.62. The molecule has 3 unspecified atom stereocenters. The van der Waals surface area contributed by atoms with Gasteiger partial charge < -0.3 is 9.79 Å². The van der Waals surface area contributed by atoms with Gasteiger partial charge in [0, 0.05) is 11.7 Å². The van der Waals surface area contributed by atoms with E-state index in [-0.39, 0.29) is 0 Å². The molecule has 6 heteroatoms. The number of hydrogen-bond donors (Lipinski definition) is 0. The van der Waals surface area contributed by atoms with Crippen LogP contribution >= 0.6 is 15.9 Å². The van der Waals surface area contributed by atoms with Crippen LogP contribution in [-0.4, -0.2) is 10.8 Å². The molecule has 0 saturated carbocycles. The molecule has 0 spiro atoms. The van der Waals surface area contributed by atoms with Gasteiger partial charge >= 0.3 is 18.9 Å². The molecule has 0 aromatic rings. The van der Waals surface area contributed by atoms with E-state index < -0.39 is 21.3 Å². The van der Waals surface area contributed by atoms with Crippen LogP contribution in [0.2, 0.25) is 0 Å². The van der Waals surface area contributed by atoms with Crippen LogP contribution in [0.3, 0.4) is 0 Å². The van der Waals surface area contributed by atoms with Crippen molar-refractivity contribution in [2.75, 3.05) is 0 Å². The van der Waals surface area contributed by atoms with Crippen molar-refractivity contribution in [1.82, 2.24) is 0 Å². The predicted octanol–water partition coefficient (Wildman–Crippen LogP) is -0.511. The third kappa shape index (κ3) is 0.575. The van der Waals surface area contributed by atoms with Gasteiger partial charge in [-0.05, 0) is 0 Å². The molecule has 3 atom stereocenters. The fraction of sp³-hybridized carbons (Fsp3) is 0.667. The van der Waals surface area contributed by atoms with Gasteiger partial charge in [0.05, 0.1) is 0 Å². The van der Waals surface area contributed by atoms with Gasteiger partial charge in [0.15, 0.2) is 0 Å². The Hall–Kier alpha value is 0.150. The first kappa shape index (κ1) is 5.90. The van der Waals surface area contributed by atoms with E-state index in [1.54, 1.807) is 6.92 Å². The Balaban J connectivity index is 2.38. The van der Waals surface area contributed by atoms with Crippen molar-refractivity contribution in [2.45, 2.75) is 12.3 Å². The molecule has 9 heavy (non-hydrogen) atoms. The standard InChI is InChI=1S/C3H3NO3P2/c1-3-2(8(3)5)4-9(6)7-3/h1H3. The van der Waals surface area contributed by atoms with Gasteiger partial charge in [-0.1, -0.05) is 4.52 Å². The third-order valence-electron chi connectivity index (χ3n) is 1.38. The number of nitrogens with zero attached hydrogens (tertiary/aromatic N) is 1. The Morgan fingerprint density at radius 1 is 1.67 bits per heavy atom. The van der Waals surface area contributed by atoms with Crippen LogP contribution in [-0.2, 0) is 4.52 Å². The summed E-state index contributed by atoms with van der Waals surface area (Å²) in [7, 11) is -3.30. The summed E-state index contributed by atoms with van der Waals surface area (Å²) in [5.41, 5.74) is 0.485. The fourth-order valence-electron chi connectivity index (χ4n) is 0.740. The van der Waals surface area contributed by atoms with E-state index in [1.165, 1.54) is 0 Å². The lowest BCUT2D eigenvalue weighted by Crippen LogP contribution is -2.11. The molecule has 2 aliphatic rings. The Labute approximate surface area is 53.6 Å². The largest absolute Gasteiger partial charge is 0.626 e. The van der Waals surface area contributed by atoms with E-state index in [1.807, 2.05) is 0 Å². The van der Waals surface area contributed by atoms with Gasteiger partial charge in [-0.3, -0.25) is 0 Å². The minimum Gasteiger partial charge on any atom is -0.626 e. The maximum absolute atomic E-state index is 10.7. The maximum Gasteiger partial charge on any atom is 0.357 e. The molecule has 48 valence electrons. The molecule has 0 aromatic carbocycles. The molecule has 0 bridgehead atoms. The molecule has 0 fully saturated rings. The van der Waals surface area contributed by atoms with Crippen molar-refractivity contribution in [3.05, 3.63) is 0 Å². The van der Waals surface area contributed by atoms with Crippen LogP contribution < -0.4 is 9.79 Å². The molecule has 0 amide bonds. The topological polar surface area (TPSA) is 67.7 Å². The van der Waals surface area contributed by atoms with Crippen molar-refractivity contribution in [1.29, 1.82) is 0 Å². The molecule has 0 aromatic heterocycles.